The van der Waals surface area contributed by atoms with Gasteiger partial charge in [0.1, 0.15) is 0 Å². The minimum atomic E-state index is 0.264. The molecule has 2 nitrogen and oxygen atoms in total. The number of benzene rings is 1. The van der Waals surface area contributed by atoms with Crippen molar-refractivity contribution in [3.8, 4) is 0 Å². The Labute approximate surface area is 123 Å². The molecule has 1 aliphatic rings. The second-order valence-corrected chi connectivity index (χ2v) is 6.56. The van der Waals surface area contributed by atoms with E-state index in [9.17, 15) is 0 Å². The van der Waals surface area contributed by atoms with Gasteiger partial charge in [0.15, 0.2) is 0 Å². The molecule has 0 saturated heterocycles. The van der Waals surface area contributed by atoms with Crippen LogP contribution in [0.5, 0.6) is 0 Å². The number of fused-ring (bicyclic) bond motifs is 1. The molecule has 1 aromatic carbocycles. The Bertz CT molecular complexity index is 416. The summed E-state index contributed by atoms with van der Waals surface area (Å²) in [5.41, 5.74) is 3.36. The molecule has 1 aliphatic carbocycles. The lowest BCUT2D eigenvalue weighted by atomic mass is 9.68. The zero-order valence-electron chi connectivity index (χ0n) is 13.2. The number of rotatable bonds is 7. The Kier molecular flexibility index (Phi) is 5.62. The van der Waals surface area contributed by atoms with E-state index >= 15 is 0 Å². The van der Waals surface area contributed by atoms with Gasteiger partial charge in [-0.15, -0.1) is 0 Å². The summed E-state index contributed by atoms with van der Waals surface area (Å²) in [6.07, 6.45) is 4.92. The average Bonchev–Trinajstić information content (AvgIpc) is 2.45. The number of hydrogen-bond acceptors (Lipinski definition) is 2. The largest absolute Gasteiger partial charge is 0.385 e. The molecular weight excluding hydrogens is 246 g/mol. The Morgan fingerprint density at radius 2 is 2.10 bits per heavy atom. The third-order valence-electron chi connectivity index (χ3n) is 4.49. The van der Waals surface area contributed by atoms with Gasteiger partial charge in [-0.25, -0.2) is 0 Å². The quantitative estimate of drug-likeness (QED) is 0.822. The average molecular weight is 275 g/mol. The molecule has 0 radical (unpaired) electrons. The molecule has 0 saturated carbocycles. The number of ether oxygens (including phenoxy) is 1. The number of nitrogens with one attached hydrogen (secondary N) is 1. The van der Waals surface area contributed by atoms with Crippen molar-refractivity contribution in [3.63, 3.8) is 0 Å². The maximum absolute atomic E-state index is 5.38. The van der Waals surface area contributed by atoms with E-state index in [0.717, 1.165) is 26.1 Å². The van der Waals surface area contributed by atoms with Crippen LogP contribution >= 0.6 is 0 Å². The summed E-state index contributed by atoms with van der Waals surface area (Å²) in [5.74, 6) is 0.702. The van der Waals surface area contributed by atoms with E-state index in [0.29, 0.717) is 5.92 Å². The molecule has 0 aliphatic heterocycles. The van der Waals surface area contributed by atoms with Gasteiger partial charge in [-0.3, -0.25) is 0 Å². The summed E-state index contributed by atoms with van der Waals surface area (Å²) in [4.78, 5) is 0. The van der Waals surface area contributed by atoms with Gasteiger partial charge in [0, 0.05) is 25.7 Å². The van der Waals surface area contributed by atoms with Crippen LogP contribution in [-0.4, -0.2) is 26.8 Å². The third-order valence-corrected chi connectivity index (χ3v) is 4.49. The van der Waals surface area contributed by atoms with Crippen LogP contribution in [-0.2, 0) is 16.6 Å². The van der Waals surface area contributed by atoms with Crippen molar-refractivity contribution in [2.24, 2.45) is 5.92 Å². The van der Waals surface area contributed by atoms with Crippen LogP contribution in [0.4, 0.5) is 0 Å². The first-order valence-corrected chi connectivity index (χ1v) is 7.96. The second-order valence-electron chi connectivity index (χ2n) is 6.56. The van der Waals surface area contributed by atoms with Crippen LogP contribution in [0, 0.1) is 5.92 Å². The summed E-state index contributed by atoms with van der Waals surface area (Å²) < 4.78 is 5.38. The van der Waals surface area contributed by atoms with Crippen LogP contribution in [0.25, 0.3) is 0 Å². The molecule has 0 amide bonds. The van der Waals surface area contributed by atoms with Gasteiger partial charge >= 0.3 is 0 Å². The van der Waals surface area contributed by atoms with Crippen LogP contribution in [0.3, 0.4) is 0 Å². The van der Waals surface area contributed by atoms with Gasteiger partial charge < -0.3 is 10.1 Å². The van der Waals surface area contributed by atoms with E-state index in [-0.39, 0.29) is 5.41 Å². The molecule has 1 aromatic rings. The molecule has 112 valence electrons. The number of hydrogen-bond donors (Lipinski definition) is 1. The molecule has 0 bridgehead atoms. The van der Waals surface area contributed by atoms with E-state index in [1.165, 1.54) is 19.3 Å². The molecule has 1 unspecified atom stereocenters. The Balaban J connectivity index is 2.18. The van der Waals surface area contributed by atoms with Crippen molar-refractivity contribution >= 4 is 0 Å². The summed E-state index contributed by atoms with van der Waals surface area (Å²) in [7, 11) is 1.81. The predicted molar refractivity (Wildman–Crippen MR) is 85.3 cm³/mol. The van der Waals surface area contributed by atoms with E-state index in [2.05, 4.69) is 43.4 Å². The molecule has 2 rings (SSSR count). The summed E-state index contributed by atoms with van der Waals surface area (Å²) in [6.45, 7) is 7.55. The fourth-order valence-electron chi connectivity index (χ4n) is 3.44. The maximum Gasteiger partial charge on any atom is 0.0471 e. The molecule has 0 spiro atoms. The fourth-order valence-corrected chi connectivity index (χ4v) is 3.44. The lowest BCUT2D eigenvalue weighted by molar-refractivity contribution is 0.157. The van der Waals surface area contributed by atoms with Crippen molar-refractivity contribution in [2.45, 2.75) is 44.9 Å². The fraction of sp³-hybridized carbons (Fsp3) is 0.667. The third kappa shape index (κ3) is 3.62. The van der Waals surface area contributed by atoms with Gasteiger partial charge in [-0.2, -0.15) is 0 Å². The van der Waals surface area contributed by atoms with E-state index in [1.54, 1.807) is 11.1 Å². The van der Waals surface area contributed by atoms with Gasteiger partial charge in [0.2, 0.25) is 0 Å². The van der Waals surface area contributed by atoms with Crippen molar-refractivity contribution in [2.75, 3.05) is 26.8 Å². The van der Waals surface area contributed by atoms with Crippen LogP contribution in [0.1, 0.15) is 44.2 Å². The lowest BCUT2D eigenvalue weighted by Crippen LogP contribution is -2.42. The standard InChI is InChI=1S/C18H29NO/c1-15(2)13-19-14-18(11-12-20-3)10-6-8-16-7-4-5-9-17(16)18/h4-5,7,9,15,19H,6,8,10-14H2,1-3H3. The van der Waals surface area contributed by atoms with Crippen LogP contribution in [0.15, 0.2) is 24.3 Å². The van der Waals surface area contributed by atoms with E-state index in [4.69, 9.17) is 4.74 Å². The molecule has 0 aromatic heterocycles. The van der Waals surface area contributed by atoms with Crippen molar-refractivity contribution < 1.29 is 4.74 Å². The highest BCUT2D eigenvalue weighted by molar-refractivity contribution is 5.37. The maximum atomic E-state index is 5.38. The topological polar surface area (TPSA) is 21.3 Å². The zero-order chi connectivity index (χ0) is 14.4. The molecule has 20 heavy (non-hydrogen) atoms. The van der Waals surface area contributed by atoms with Crippen LogP contribution in [0.2, 0.25) is 0 Å². The first-order chi connectivity index (χ1) is 9.68. The molecule has 2 heteroatoms. The molecule has 0 fully saturated rings. The Morgan fingerprint density at radius 3 is 2.85 bits per heavy atom. The van der Waals surface area contributed by atoms with Gasteiger partial charge in [-0.05, 0) is 49.3 Å². The SMILES string of the molecule is COCCC1(CNCC(C)C)CCCc2ccccc21. The van der Waals surface area contributed by atoms with Gasteiger partial charge in [0.05, 0.1) is 0 Å². The molecule has 0 heterocycles. The predicted octanol–water partition coefficient (Wildman–Crippen LogP) is 3.54. The van der Waals surface area contributed by atoms with Crippen molar-refractivity contribution in [3.05, 3.63) is 35.4 Å². The monoisotopic (exact) mass is 275 g/mol. The number of aryl methyl sites for hydroxylation is 1. The first kappa shape index (κ1) is 15.5. The van der Waals surface area contributed by atoms with Gasteiger partial charge in [-0.1, -0.05) is 38.1 Å². The molecule has 1 atom stereocenters. The zero-order valence-corrected chi connectivity index (χ0v) is 13.2. The minimum Gasteiger partial charge on any atom is -0.385 e. The summed E-state index contributed by atoms with van der Waals surface area (Å²) in [5, 5.41) is 3.69. The van der Waals surface area contributed by atoms with Crippen molar-refractivity contribution in [1.82, 2.24) is 5.32 Å². The highest BCUT2D eigenvalue weighted by atomic mass is 16.5. The Morgan fingerprint density at radius 1 is 1.30 bits per heavy atom. The summed E-state index contributed by atoms with van der Waals surface area (Å²) in [6, 6.07) is 9.00. The van der Waals surface area contributed by atoms with Gasteiger partial charge in [0.25, 0.3) is 0 Å². The van der Waals surface area contributed by atoms with E-state index < -0.39 is 0 Å². The minimum absolute atomic E-state index is 0.264. The first-order valence-electron chi connectivity index (χ1n) is 7.96. The number of methoxy groups -OCH3 is 1. The Hall–Kier alpha value is -0.860. The lowest BCUT2D eigenvalue weighted by Gasteiger charge is -2.40. The normalized spacial score (nSPS) is 22.0. The second kappa shape index (κ2) is 7.24. The highest BCUT2D eigenvalue weighted by Gasteiger charge is 2.35. The molecule has 1 N–H and O–H groups in total. The smallest absolute Gasteiger partial charge is 0.0471 e. The summed E-state index contributed by atoms with van der Waals surface area (Å²) >= 11 is 0. The van der Waals surface area contributed by atoms with Crippen molar-refractivity contribution in [1.29, 1.82) is 0 Å². The highest BCUT2D eigenvalue weighted by Crippen LogP contribution is 2.39. The molecular formula is C18H29NO. The van der Waals surface area contributed by atoms with E-state index in [1.807, 2.05) is 7.11 Å². The van der Waals surface area contributed by atoms with Crippen LogP contribution < -0.4 is 5.32 Å².